The maximum absolute atomic E-state index is 12.4. The Morgan fingerprint density at radius 3 is 2.57 bits per heavy atom. The van der Waals surface area contributed by atoms with Gasteiger partial charge < -0.3 is 15.4 Å². The van der Waals surface area contributed by atoms with Crippen molar-refractivity contribution in [2.24, 2.45) is 0 Å². The molecule has 4 rings (SSSR count). The fourth-order valence-electron chi connectivity index (χ4n) is 2.90. The minimum absolute atomic E-state index is 0.139. The Labute approximate surface area is 171 Å². The van der Waals surface area contributed by atoms with E-state index in [1.54, 1.807) is 36.5 Å². The van der Waals surface area contributed by atoms with E-state index in [0.717, 1.165) is 16.6 Å². The largest absolute Gasteiger partial charge is 0.465 e. The van der Waals surface area contributed by atoms with E-state index in [1.807, 2.05) is 30.3 Å². The average molecular weight is 399 g/mol. The van der Waals surface area contributed by atoms with E-state index in [4.69, 9.17) is 0 Å². The van der Waals surface area contributed by atoms with E-state index in [0.29, 0.717) is 17.1 Å². The summed E-state index contributed by atoms with van der Waals surface area (Å²) < 4.78 is 4.68. The lowest BCUT2D eigenvalue weighted by atomic mass is 10.2. The summed E-state index contributed by atoms with van der Waals surface area (Å²) in [4.78, 5) is 28.5. The van der Waals surface area contributed by atoms with Crippen LogP contribution in [0.2, 0.25) is 0 Å². The molecule has 0 radical (unpaired) electrons. The summed E-state index contributed by atoms with van der Waals surface area (Å²) in [5.41, 5.74) is 2.53. The number of nitrogens with one attached hydrogen (secondary N) is 2. The van der Waals surface area contributed by atoms with Crippen LogP contribution in [0.15, 0.2) is 72.9 Å². The van der Waals surface area contributed by atoms with Crippen molar-refractivity contribution in [2.75, 3.05) is 17.7 Å². The number of benzene rings is 2. The normalized spacial score (nSPS) is 10.4. The van der Waals surface area contributed by atoms with Gasteiger partial charge in [-0.1, -0.05) is 24.3 Å². The van der Waals surface area contributed by atoms with Crippen molar-refractivity contribution < 1.29 is 14.3 Å². The maximum atomic E-state index is 12.4. The minimum Gasteiger partial charge on any atom is -0.465 e. The summed E-state index contributed by atoms with van der Waals surface area (Å²) >= 11 is 0. The van der Waals surface area contributed by atoms with Crippen LogP contribution in [0, 0.1) is 0 Å². The molecule has 0 aliphatic heterocycles. The predicted molar refractivity (Wildman–Crippen MR) is 113 cm³/mol. The number of pyridine rings is 1. The van der Waals surface area contributed by atoms with Gasteiger partial charge in [0.1, 0.15) is 0 Å². The number of fused-ring (bicyclic) bond motifs is 1. The highest BCUT2D eigenvalue weighted by molar-refractivity contribution is 6.03. The van der Waals surface area contributed by atoms with E-state index >= 15 is 0 Å². The molecule has 0 aliphatic carbocycles. The van der Waals surface area contributed by atoms with Gasteiger partial charge in [-0.25, -0.2) is 4.79 Å². The topological polar surface area (TPSA) is 106 Å². The molecule has 0 saturated carbocycles. The number of amides is 1. The molecule has 0 aliphatic rings. The number of methoxy groups -OCH3 is 1. The lowest BCUT2D eigenvalue weighted by molar-refractivity contribution is 0.0600. The molecular weight excluding hydrogens is 382 g/mol. The minimum atomic E-state index is -0.482. The lowest BCUT2D eigenvalue weighted by Gasteiger charge is -2.09. The van der Waals surface area contributed by atoms with Gasteiger partial charge in [0.2, 0.25) is 0 Å². The van der Waals surface area contributed by atoms with Crippen LogP contribution in [-0.4, -0.2) is 34.2 Å². The Morgan fingerprint density at radius 1 is 0.933 bits per heavy atom. The molecular formula is C22H17N5O3. The maximum Gasteiger partial charge on any atom is 0.337 e. The molecule has 2 N–H and O–H groups in total. The van der Waals surface area contributed by atoms with Gasteiger partial charge in [-0.15, -0.1) is 10.2 Å². The zero-order valence-corrected chi connectivity index (χ0v) is 16.0. The van der Waals surface area contributed by atoms with E-state index < -0.39 is 11.9 Å². The molecule has 2 aromatic heterocycles. The molecule has 0 unspecified atom stereocenters. The van der Waals surface area contributed by atoms with Crippen molar-refractivity contribution in [3.05, 3.63) is 84.2 Å². The second-order valence-corrected chi connectivity index (χ2v) is 6.34. The number of carbonyl (C=O) groups excluding carboxylic acids is 2. The quantitative estimate of drug-likeness (QED) is 0.492. The lowest BCUT2D eigenvalue weighted by Crippen LogP contribution is -2.15. The Kier molecular flexibility index (Phi) is 5.29. The first-order chi connectivity index (χ1) is 14.6. The molecule has 0 bridgehead atoms. The molecule has 0 spiro atoms. The number of ether oxygens (including phenoxy) is 1. The smallest absolute Gasteiger partial charge is 0.337 e. The monoisotopic (exact) mass is 399 g/mol. The van der Waals surface area contributed by atoms with Crippen molar-refractivity contribution in [3.63, 3.8) is 0 Å². The molecule has 0 fully saturated rings. The van der Waals surface area contributed by atoms with Crippen LogP contribution < -0.4 is 10.6 Å². The van der Waals surface area contributed by atoms with Crippen LogP contribution in [-0.2, 0) is 4.74 Å². The third-order valence-corrected chi connectivity index (χ3v) is 4.33. The van der Waals surface area contributed by atoms with Crippen molar-refractivity contribution in [3.8, 4) is 0 Å². The molecule has 30 heavy (non-hydrogen) atoms. The summed E-state index contributed by atoms with van der Waals surface area (Å²) in [5.74, 6) is -0.440. The Balaban J connectivity index is 1.48. The van der Waals surface area contributed by atoms with Gasteiger partial charge in [-0.3, -0.25) is 9.78 Å². The number of nitrogens with zero attached hydrogens (tertiary/aromatic N) is 3. The first-order valence-corrected chi connectivity index (χ1v) is 9.08. The van der Waals surface area contributed by atoms with Crippen LogP contribution in [0.5, 0.6) is 0 Å². The van der Waals surface area contributed by atoms with Crippen LogP contribution in [0.3, 0.4) is 0 Å². The fourth-order valence-corrected chi connectivity index (χ4v) is 2.90. The SMILES string of the molecule is COC(=O)c1cccc(NC(=O)c2ccc(Nc3cccc4cccnc34)nn2)c1. The third kappa shape index (κ3) is 4.07. The van der Waals surface area contributed by atoms with Crippen molar-refractivity contribution in [1.29, 1.82) is 0 Å². The number of rotatable bonds is 5. The van der Waals surface area contributed by atoms with Crippen molar-refractivity contribution in [2.45, 2.75) is 0 Å². The summed E-state index contributed by atoms with van der Waals surface area (Å²) in [6.07, 6.45) is 1.72. The van der Waals surface area contributed by atoms with Gasteiger partial charge in [0.25, 0.3) is 5.91 Å². The summed E-state index contributed by atoms with van der Waals surface area (Å²) in [6.45, 7) is 0. The van der Waals surface area contributed by atoms with Crippen molar-refractivity contribution in [1.82, 2.24) is 15.2 Å². The van der Waals surface area contributed by atoms with Crippen LogP contribution in [0.1, 0.15) is 20.8 Å². The summed E-state index contributed by atoms with van der Waals surface area (Å²) in [5, 5.41) is 14.9. The van der Waals surface area contributed by atoms with Gasteiger partial charge in [0, 0.05) is 17.3 Å². The fraction of sp³-hybridized carbons (Fsp3) is 0.0455. The van der Waals surface area contributed by atoms with E-state index in [9.17, 15) is 9.59 Å². The second-order valence-electron chi connectivity index (χ2n) is 6.34. The van der Waals surface area contributed by atoms with E-state index in [1.165, 1.54) is 13.2 Å². The number of esters is 1. The van der Waals surface area contributed by atoms with Gasteiger partial charge in [-0.2, -0.15) is 0 Å². The number of hydrogen-bond donors (Lipinski definition) is 2. The number of aromatic nitrogens is 3. The number of hydrogen-bond acceptors (Lipinski definition) is 7. The summed E-state index contributed by atoms with van der Waals surface area (Å²) in [7, 11) is 1.30. The molecule has 0 saturated heterocycles. The standard InChI is InChI=1S/C22H17N5O3/c1-30-22(29)15-6-2-8-16(13-15)24-21(28)18-10-11-19(27-26-18)25-17-9-3-5-14-7-4-12-23-20(14)17/h2-13H,1H3,(H,24,28)(H,25,27). The van der Waals surface area contributed by atoms with Gasteiger partial charge in [0.15, 0.2) is 11.5 Å². The van der Waals surface area contributed by atoms with Gasteiger partial charge in [-0.05, 0) is 42.5 Å². The highest BCUT2D eigenvalue weighted by Crippen LogP contribution is 2.23. The molecule has 1 amide bonds. The third-order valence-electron chi connectivity index (χ3n) is 4.33. The highest BCUT2D eigenvalue weighted by Gasteiger charge is 2.11. The van der Waals surface area contributed by atoms with E-state index in [2.05, 4.69) is 30.6 Å². The highest BCUT2D eigenvalue weighted by atomic mass is 16.5. The van der Waals surface area contributed by atoms with Crippen LogP contribution in [0.4, 0.5) is 17.2 Å². The molecule has 148 valence electrons. The first kappa shape index (κ1) is 19.0. The Hall–Kier alpha value is -4.33. The zero-order chi connectivity index (χ0) is 20.9. The van der Waals surface area contributed by atoms with E-state index in [-0.39, 0.29) is 5.69 Å². The second kappa shape index (κ2) is 8.36. The van der Waals surface area contributed by atoms with Crippen molar-refractivity contribution >= 4 is 40.0 Å². The molecule has 2 heterocycles. The molecule has 2 aromatic carbocycles. The van der Waals surface area contributed by atoms with Gasteiger partial charge in [0.05, 0.1) is 23.9 Å². The molecule has 4 aromatic rings. The zero-order valence-electron chi connectivity index (χ0n) is 16.0. The number of para-hydroxylation sites is 1. The molecule has 8 nitrogen and oxygen atoms in total. The average Bonchev–Trinajstić information content (AvgIpc) is 2.79. The molecule has 8 heteroatoms. The number of anilines is 3. The summed E-state index contributed by atoms with van der Waals surface area (Å²) in [6, 6.07) is 19.3. The molecule has 0 atom stereocenters. The number of carbonyl (C=O) groups is 2. The van der Waals surface area contributed by atoms with Gasteiger partial charge >= 0.3 is 5.97 Å². The van der Waals surface area contributed by atoms with Crippen LogP contribution >= 0.6 is 0 Å². The Bertz CT molecular complexity index is 1220. The first-order valence-electron chi connectivity index (χ1n) is 9.08. The Morgan fingerprint density at radius 2 is 1.77 bits per heavy atom. The van der Waals surface area contributed by atoms with Crippen LogP contribution in [0.25, 0.3) is 10.9 Å². The predicted octanol–water partition coefficient (Wildman–Crippen LogP) is 3.81.